The Morgan fingerprint density at radius 2 is 2.05 bits per heavy atom. The molecule has 7 heteroatoms. The van der Waals surface area contributed by atoms with Crippen LogP contribution in [0, 0.1) is 6.92 Å². The smallest absolute Gasteiger partial charge is 0.250 e. The van der Waals surface area contributed by atoms with Crippen LogP contribution in [0.4, 0.5) is 17.2 Å². The Morgan fingerprint density at radius 1 is 1.35 bits per heavy atom. The summed E-state index contributed by atoms with van der Waals surface area (Å²) in [4.78, 5) is 15.3. The van der Waals surface area contributed by atoms with E-state index in [0.29, 0.717) is 21.6 Å². The third-order valence-electron chi connectivity index (χ3n) is 2.74. The van der Waals surface area contributed by atoms with E-state index in [4.69, 9.17) is 34.7 Å². The first-order chi connectivity index (χ1) is 9.40. The Labute approximate surface area is 125 Å². The number of nitrogens with two attached hydrogens (primary N) is 2. The molecule has 2 rings (SSSR count). The molecule has 0 unspecified atom stereocenters. The number of aryl methyl sites for hydroxylation is 1. The number of benzene rings is 1. The average Bonchev–Trinajstić information content (AvgIpc) is 2.40. The molecule has 0 bridgehead atoms. The number of nitrogen functional groups attached to an aromatic ring is 1. The van der Waals surface area contributed by atoms with E-state index in [1.54, 1.807) is 12.1 Å². The molecular formula is C13H12Cl2N4O. The van der Waals surface area contributed by atoms with Crippen molar-refractivity contribution in [1.29, 1.82) is 0 Å². The highest BCUT2D eigenvalue weighted by Crippen LogP contribution is 2.34. The van der Waals surface area contributed by atoms with Crippen LogP contribution >= 0.6 is 23.2 Å². The maximum absolute atomic E-state index is 11.2. The van der Waals surface area contributed by atoms with Gasteiger partial charge in [0.25, 0.3) is 5.91 Å². The van der Waals surface area contributed by atoms with Gasteiger partial charge in [-0.3, -0.25) is 4.79 Å². The second-order valence-corrected chi connectivity index (χ2v) is 4.98. The number of nitrogens with one attached hydrogen (secondary N) is 1. The maximum Gasteiger partial charge on any atom is 0.250 e. The van der Waals surface area contributed by atoms with Crippen molar-refractivity contribution >= 4 is 46.3 Å². The number of aromatic nitrogens is 1. The van der Waals surface area contributed by atoms with Crippen LogP contribution in [-0.4, -0.2) is 10.9 Å². The highest BCUT2D eigenvalue weighted by Gasteiger charge is 2.12. The van der Waals surface area contributed by atoms with Gasteiger partial charge in [-0.05, 0) is 24.6 Å². The van der Waals surface area contributed by atoms with Gasteiger partial charge in [0.1, 0.15) is 5.82 Å². The number of amides is 1. The van der Waals surface area contributed by atoms with E-state index in [1.807, 2.05) is 6.92 Å². The Morgan fingerprint density at radius 3 is 2.70 bits per heavy atom. The van der Waals surface area contributed by atoms with Gasteiger partial charge in [0, 0.05) is 0 Å². The summed E-state index contributed by atoms with van der Waals surface area (Å²) in [5.41, 5.74) is 12.6. The van der Waals surface area contributed by atoms with E-state index in [9.17, 15) is 4.79 Å². The normalized spacial score (nSPS) is 10.3. The molecule has 2 aromatic rings. The first-order valence-corrected chi connectivity index (χ1v) is 6.42. The molecule has 0 saturated heterocycles. The number of rotatable bonds is 3. The summed E-state index contributed by atoms with van der Waals surface area (Å²) in [5, 5.41) is 3.89. The van der Waals surface area contributed by atoms with Crippen LogP contribution in [0.25, 0.3) is 0 Å². The van der Waals surface area contributed by atoms with E-state index in [2.05, 4.69) is 10.3 Å². The van der Waals surface area contributed by atoms with Gasteiger partial charge in [0.2, 0.25) is 0 Å². The molecule has 1 amide bonds. The van der Waals surface area contributed by atoms with Crippen molar-refractivity contribution in [2.24, 2.45) is 5.73 Å². The van der Waals surface area contributed by atoms with E-state index in [1.165, 1.54) is 12.3 Å². The van der Waals surface area contributed by atoms with E-state index in [-0.39, 0.29) is 11.3 Å². The van der Waals surface area contributed by atoms with Crippen LogP contribution in [0.2, 0.25) is 10.0 Å². The monoisotopic (exact) mass is 310 g/mol. The Bertz CT molecular complexity index is 688. The Hall–Kier alpha value is -1.98. The molecule has 1 aromatic heterocycles. The SMILES string of the molecule is Cc1ccc(Cl)c(Nc2cc(C(N)=O)c(N)cn2)c1Cl. The van der Waals surface area contributed by atoms with Crippen LogP contribution in [0.5, 0.6) is 0 Å². The summed E-state index contributed by atoms with van der Waals surface area (Å²) >= 11 is 12.3. The van der Waals surface area contributed by atoms with Crippen molar-refractivity contribution in [3.05, 3.63) is 45.6 Å². The minimum absolute atomic E-state index is 0.183. The number of pyridine rings is 1. The molecule has 20 heavy (non-hydrogen) atoms. The standard InChI is InChI=1S/C13H12Cl2N4O/c1-6-2-3-8(14)12(11(6)15)19-10-4-7(13(17)20)9(16)5-18-10/h2-5H,16H2,1H3,(H2,17,20)(H,18,19). The zero-order chi connectivity index (χ0) is 14.9. The van der Waals surface area contributed by atoms with E-state index in [0.717, 1.165) is 5.56 Å². The number of halogens is 2. The molecule has 0 saturated carbocycles. The third-order valence-corrected chi connectivity index (χ3v) is 3.54. The van der Waals surface area contributed by atoms with Crippen molar-refractivity contribution in [1.82, 2.24) is 4.98 Å². The summed E-state index contributed by atoms with van der Waals surface area (Å²) in [6.45, 7) is 1.86. The fraction of sp³-hybridized carbons (Fsp3) is 0.0769. The molecular weight excluding hydrogens is 299 g/mol. The van der Waals surface area contributed by atoms with Gasteiger partial charge in [0.15, 0.2) is 0 Å². The maximum atomic E-state index is 11.2. The minimum atomic E-state index is -0.630. The van der Waals surface area contributed by atoms with Crippen molar-refractivity contribution in [3.8, 4) is 0 Å². The summed E-state index contributed by atoms with van der Waals surface area (Å²) < 4.78 is 0. The van der Waals surface area contributed by atoms with Crippen LogP contribution in [0.1, 0.15) is 15.9 Å². The molecule has 0 spiro atoms. The highest BCUT2D eigenvalue weighted by atomic mass is 35.5. The van der Waals surface area contributed by atoms with Gasteiger partial charge < -0.3 is 16.8 Å². The van der Waals surface area contributed by atoms with Crippen molar-refractivity contribution < 1.29 is 4.79 Å². The number of primary amides is 1. The zero-order valence-electron chi connectivity index (χ0n) is 10.6. The minimum Gasteiger partial charge on any atom is -0.397 e. The summed E-state index contributed by atoms with van der Waals surface area (Å²) in [5.74, 6) is -0.253. The van der Waals surface area contributed by atoms with Crippen LogP contribution in [-0.2, 0) is 0 Å². The molecule has 0 fully saturated rings. The molecule has 1 aromatic carbocycles. The number of hydrogen-bond acceptors (Lipinski definition) is 4. The highest BCUT2D eigenvalue weighted by molar-refractivity contribution is 6.39. The number of anilines is 3. The predicted molar refractivity (Wildman–Crippen MR) is 81.6 cm³/mol. The lowest BCUT2D eigenvalue weighted by molar-refractivity contribution is 0.100. The van der Waals surface area contributed by atoms with E-state index < -0.39 is 5.91 Å². The molecule has 0 radical (unpaired) electrons. The first-order valence-electron chi connectivity index (χ1n) is 5.67. The lowest BCUT2D eigenvalue weighted by Gasteiger charge is -2.12. The van der Waals surface area contributed by atoms with Gasteiger partial charge in [-0.1, -0.05) is 29.3 Å². The molecule has 1 heterocycles. The van der Waals surface area contributed by atoms with Gasteiger partial charge in [0.05, 0.1) is 33.2 Å². The molecule has 0 aliphatic rings. The Kier molecular flexibility index (Phi) is 4.01. The molecule has 0 atom stereocenters. The molecule has 104 valence electrons. The Balaban J connectivity index is 2.43. The number of nitrogens with zero attached hydrogens (tertiary/aromatic N) is 1. The van der Waals surface area contributed by atoms with E-state index >= 15 is 0 Å². The largest absolute Gasteiger partial charge is 0.397 e. The molecule has 0 aliphatic heterocycles. The van der Waals surface area contributed by atoms with Crippen molar-refractivity contribution in [2.45, 2.75) is 6.92 Å². The fourth-order valence-corrected chi connectivity index (χ4v) is 2.11. The van der Waals surface area contributed by atoms with Gasteiger partial charge in [-0.2, -0.15) is 0 Å². The third kappa shape index (κ3) is 2.79. The average molecular weight is 311 g/mol. The first kappa shape index (κ1) is 14.4. The van der Waals surface area contributed by atoms with Crippen LogP contribution in [0.15, 0.2) is 24.4 Å². The zero-order valence-corrected chi connectivity index (χ0v) is 12.1. The second kappa shape index (κ2) is 5.56. The molecule has 5 N–H and O–H groups in total. The number of hydrogen-bond donors (Lipinski definition) is 3. The summed E-state index contributed by atoms with van der Waals surface area (Å²) in [6, 6.07) is 4.98. The quantitative estimate of drug-likeness (QED) is 0.811. The second-order valence-electron chi connectivity index (χ2n) is 4.20. The van der Waals surface area contributed by atoms with Crippen LogP contribution < -0.4 is 16.8 Å². The van der Waals surface area contributed by atoms with Gasteiger partial charge >= 0.3 is 0 Å². The van der Waals surface area contributed by atoms with Crippen molar-refractivity contribution in [2.75, 3.05) is 11.1 Å². The van der Waals surface area contributed by atoms with Crippen molar-refractivity contribution in [3.63, 3.8) is 0 Å². The molecule has 5 nitrogen and oxygen atoms in total. The number of carbonyl (C=O) groups is 1. The molecule has 0 aliphatic carbocycles. The summed E-state index contributed by atoms with van der Waals surface area (Å²) in [6.07, 6.45) is 1.35. The van der Waals surface area contributed by atoms with Crippen LogP contribution in [0.3, 0.4) is 0 Å². The lowest BCUT2D eigenvalue weighted by atomic mass is 10.2. The van der Waals surface area contributed by atoms with Gasteiger partial charge in [-0.25, -0.2) is 4.98 Å². The summed E-state index contributed by atoms with van der Waals surface area (Å²) in [7, 11) is 0. The fourth-order valence-electron chi connectivity index (χ4n) is 1.65. The lowest BCUT2D eigenvalue weighted by Crippen LogP contribution is -2.14. The number of carbonyl (C=O) groups excluding carboxylic acids is 1. The topological polar surface area (TPSA) is 94.0 Å². The van der Waals surface area contributed by atoms with Gasteiger partial charge in [-0.15, -0.1) is 0 Å². The predicted octanol–water partition coefficient (Wildman–Crippen LogP) is 3.12.